The summed E-state index contributed by atoms with van der Waals surface area (Å²) in [5.74, 6) is -0.551. The molecule has 3 amide bonds. The van der Waals surface area contributed by atoms with Gasteiger partial charge in [-0.2, -0.15) is 0 Å². The first-order valence-electron chi connectivity index (χ1n) is 10.1. The molecule has 4 aromatic carbocycles. The van der Waals surface area contributed by atoms with Crippen molar-refractivity contribution in [3.8, 4) is 0 Å². The Morgan fingerprint density at radius 3 is 2.19 bits per heavy atom. The summed E-state index contributed by atoms with van der Waals surface area (Å²) >= 11 is 1.37. The van der Waals surface area contributed by atoms with Crippen molar-refractivity contribution in [2.45, 2.75) is 4.90 Å². The third-order valence-corrected chi connectivity index (χ3v) is 6.32. The van der Waals surface area contributed by atoms with Crippen molar-refractivity contribution >= 4 is 45.9 Å². The van der Waals surface area contributed by atoms with Crippen molar-refractivity contribution in [2.75, 3.05) is 11.2 Å². The third-order valence-electron chi connectivity index (χ3n) is 5.34. The number of anilines is 1. The van der Waals surface area contributed by atoms with E-state index in [4.69, 9.17) is 0 Å². The molecule has 0 saturated carbocycles. The Labute approximate surface area is 189 Å². The number of amides is 3. The molecule has 0 fully saturated rings. The van der Waals surface area contributed by atoms with Crippen LogP contribution in [-0.2, 0) is 0 Å². The first-order chi connectivity index (χ1) is 15.6. The molecule has 1 heterocycles. The number of nitrogens with zero attached hydrogens (tertiary/aromatic N) is 1. The van der Waals surface area contributed by atoms with Crippen molar-refractivity contribution in [2.24, 2.45) is 0 Å². The Hall–Kier alpha value is -3.90. The molecule has 0 aliphatic carbocycles. The van der Waals surface area contributed by atoms with Crippen LogP contribution in [0.15, 0.2) is 95.9 Å². The SMILES string of the molecule is O=C(Nc1cccc(SCN2C(=O)c3ccccc3C2=O)c1)c1ccc2ccccc2c1. The molecule has 1 aliphatic rings. The summed E-state index contributed by atoms with van der Waals surface area (Å²) in [6.45, 7) is 0. The van der Waals surface area contributed by atoms with Crippen molar-refractivity contribution in [1.82, 2.24) is 4.90 Å². The summed E-state index contributed by atoms with van der Waals surface area (Å²) in [6, 6.07) is 27.7. The molecular formula is C26H18N2O3S. The summed E-state index contributed by atoms with van der Waals surface area (Å²) < 4.78 is 0. The van der Waals surface area contributed by atoms with E-state index in [1.54, 1.807) is 30.3 Å². The van der Waals surface area contributed by atoms with Gasteiger partial charge in [0.2, 0.25) is 0 Å². The summed E-state index contributed by atoms with van der Waals surface area (Å²) in [5.41, 5.74) is 2.10. The minimum Gasteiger partial charge on any atom is -0.322 e. The van der Waals surface area contributed by atoms with Crippen LogP contribution in [0, 0.1) is 0 Å². The fourth-order valence-corrected chi connectivity index (χ4v) is 4.59. The number of nitrogens with one attached hydrogen (secondary N) is 1. The van der Waals surface area contributed by atoms with Gasteiger partial charge >= 0.3 is 0 Å². The van der Waals surface area contributed by atoms with Gasteiger partial charge in [0.15, 0.2) is 0 Å². The van der Waals surface area contributed by atoms with Gasteiger partial charge in [0.1, 0.15) is 0 Å². The van der Waals surface area contributed by atoms with E-state index in [0.717, 1.165) is 15.7 Å². The summed E-state index contributed by atoms with van der Waals surface area (Å²) in [7, 11) is 0. The number of fused-ring (bicyclic) bond motifs is 2. The van der Waals surface area contributed by atoms with Crippen molar-refractivity contribution in [1.29, 1.82) is 0 Å². The van der Waals surface area contributed by atoms with Crippen LogP contribution in [0.1, 0.15) is 31.1 Å². The van der Waals surface area contributed by atoms with Crippen LogP contribution in [-0.4, -0.2) is 28.5 Å². The lowest BCUT2D eigenvalue weighted by Crippen LogP contribution is -2.29. The van der Waals surface area contributed by atoms with Crippen LogP contribution < -0.4 is 5.32 Å². The van der Waals surface area contributed by atoms with Gasteiger partial charge in [0.25, 0.3) is 17.7 Å². The quantitative estimate of drug-likeness (QED) is 0.333. The van der Waals surface area contributed by atoms with Crippen LogP contribution in [0.25, 0.3) is 10.8 Å². The summed E-state index contributed by atoms with van der Waals surface area (Å²) in [5, 5.41) is 5.01. The zero-order valence-corrected chi connectivity index (χ0v) is 17.8. The molecule has 0 aromatic heterocycles. The van der Waals surface area contributed by atoms with E-state index in [9.17, 15) is 14.4 Å². The second kappa shape index (κ2) is 8.32. The third kappa shape index (κ3) is 3.76. The molecule has 0 radical (unpaired) electrons. The number of thioether (sulfide) groups is 1. The molecule has 1 N–H and O–H groups in total. The standard InChI is InChI=1S/C26H18N2O3S/c29-24(19-13-12-17-6-1-2-7-18(17)14-19)27-20-8-5-9-21(15-20)32-16-28-25(30)22-10-3-4-11-23(22)26(28)31/h1-15H,16H2,(H,27,29). The van der Waals surface area contributed by atoms with Gasteiger partial charge in [0.05, 0.1) is 17.0 Å². The number of imide groups is 1. The summed E-state index contributed by atoms with van der Waals surface area (Å²) in [4.78, 5) is 39.9. The molecule has 5 rings (SSSR count). The Bertz CT molecular complexity index is 1350. The maximum atomic E-state index is 12.7. The monoisotopic (exact) mass is 438 g/mol. The van der Waals surface area contributed by atoms with Crippen molar-refractivity contribution < 1.29 is 14.4 Å². The van der Waals surface area contributed by atoms with Gasteiger partial charge in [0, 0.05) is 16.1 Å². The maximum absolute atomic E-state index is 12.7. The van der Waals surface area contributed by atoms with E-state index < -0.39 is 0 Å². The Balaban J connectivity index is 1.27. The van der Waals surface area contributed by atoms with Crippen LogP contribution in [0.2, 0.25) is 0 Å². The van der Waals surface area contributed by atoms with Crippen LogP contribution in [0.3, 0.4) is 0 Å². The molecular weight excluding hydrogens is 420 g/mol. The fraction of sp³-hybridized carbons (Fsp3) is 0.0385. The highest BCUT2D eigenvalue weighted by atomic mass is 32.2. The highest BCUT2D eigenvalue weighted by Gasteiger charge is 2.34. The molecule has 1 aliphatic heterocycles. The van der Waals surface area contributed by atoms with E-state index in [0.29, 0.717) is 22.4 Å². The predicted octanol–water partition coefficient (Wildman–Crippen LogP) is 5.44. The Kier molecular flexibility index (Phi) is 5.21. The molecule has 0 atom stereocenters. The van der Waals surface area contributed by atoms with Crippen molar-refractivity contribution in [3.05, 3.63) is 108 Å². The Morgan fingerprint density at radius 1 is 0.750 bits per heavy atom. The number of benzene rings is 4. The molecule has 0 saturated heterocycles. The second-order valence-electron chi connectivity index (χ2n) is 7.40. The molecule has 32 heavy (non-hydrogen) atoms. The lowest BCUT2D eigenvalue weighted by Gasteiger charge is -2.14. The lowest BCUT2D eigenvalue weighted by atomic mass is 10.1. The predicted molar refractivity (Wildman–Crippen MR) is 126 cm³/mol. The van der Waals surface area contributed by atoms with Gasteiger partial charge in [-0.1, -0.05) is 48.5 Å². The largest absolute Gasteiger partial charge is 0.322 e. The Morgan fingerprint density at radius 2 is 1.44 bits per heavy atom. The van der Waals surface area contributed by atoms with Crippen LogP contribution in [0.5, 0.6) is 0 Å². The van der Waals surface area contributed by atoms with Gasteiger partial charge in [-0.3, -0.25) is 19.3 Å². The summed E-state index contributed by atoms with van der Waals surface area (Å²) in [6.07, 6.45) is 0. The fourth-order valence-electron chi connectivity index (χ4n) is 3.69. The first kappa shape index (κ1) is 20.0. The molecule has 0 spiro atoms. The van der Waals surface area contributed by atoms with E-state index in [-0.39, 0.29) is 23.6 Å². The number of hydrogen-bond donors (Lipinski definition) is 1. The number of hydrogen-bond acceptors (Lipinski definition) is 4. The van der Waals surface area contributed by atoms with Crippen molar-refractivity contribution in [3.63, 3.8) is 0 Å². The molecule has 0 bridgehead atoms. The average molecular weight is 439 g/mol. The second-order valence-corrected chi connectivity index (χ2v) is 8.42. The number of carbonyl (C=O) groups is 3. The van der Waals surface area contributed by atoms with E-state index in [1.165, 1.54) is 16.7 Å². The van der Waals surface area contributed by atoms with E-state index in [2.05, 4.69) is 5.32 Å². The minimum atomic E-state index is -0.279. The van der Waals surface area contributed by atoms with Gasteiger partial charge < -0.3 is 5.32 Å². The number of rotatable bonds is 5. The highest BCUT2D eigenvalue weighted by molar-refractivity contribution is 7.99. The molecule has 4 aromatic rings. The van der Waals surface area contributed by atoms with Gasteiger partial charge in [-0.25, -0.2) is 0 Å². The van der Waals surface area contributed by atoms with Crippen LogP contribution >= 0.6 is 11.8 Å². The van der Waals surface area contributed by atoms with Crippen LogP contribution in [0.4, 0.5) is 5.69 Å². The normalized spacial score (nSPS) is 12.8. The average Bonchev–Trinajstić information content (AvgIpc) is 3.07. The topological polar surface area (TPSA) is 66.5 Å². The molecule has 156 valence electrons. The zero-order chi connectivity index (χ0) is 22.1. The highest BCUT2D eigenvalue weighted by Crippen LogP contribution is 2.28. The van der Waals surface area contributed by atoms with Gasteiger partial charge in [-0.15, -0.1) is 11.8 Å². The molecule has 6 heteroatoms. The van der Waals surface area contributed by atoms with E-state index >= 15 is 0 Å². The number of carbonyl (C=O) groups excluding carboxylic acids is 3. The molecule has 5 nitrogen and oxygen atoms in total. The lowest BCUT2D eigenvalue weighted by molar-refractivity contribution is 0.0683. The first-order valence-corrected chi connectivity index (χ1v) is 11.1. The smallest absolute Gasteiger partial charge is 0.262 e. The minimum absolute atomic E-state index is 0.196. The maximum Gasteiger partial charge on any atom is 0.262 e. The van der Waals surface area contributed by atoms with Gasteiger partial charge in [-0.05, 0) is 53.2 Å². The van der Waals surface area contributed by atoms with E-state index in [1.807, 2.05) is 60.7 Å². The zero-order valence-electron chi connectivity index (χ0n) is 16.9. The molecule has 0 unspecified atom stereocenters.